The first-order valence-electron chi connectivity index (χ1n) is 5.00. The van der Waals surface area contributed by atoms with Crippen molar-refractivity contribution in [1.29, 1.82) is 5.26 Å². The Morgan fingerprint density at radius 2 is 2.29 bits per heavy atom. The number of hydrogen-bond acceptors (Lipinski definition) is 4. The predicted molar refractivity (Wildman–Crippen MR) is 72.9 cm³/mol. The SMILES string of the molecule is Cc1nc(N)sc1Cc1cc(Br)ccc1C#N. The highest BCUT2D eigenvalue weighted by molar-refractivity contribution is 9.10. The molecule has 0 aliphatic carbocycles. The quantitative estimate of drug-likeness (QED) is 0.926. The fourth-order valence-corrected chi connectivity index (χ4v) is 2.87. The molecule has 0 amide bonds. The summed E-state index contributed by atoms with van der Waals surface area (Å²) in [7, 11) is 0. The molecule has 0 spiro atoms. The molecule has 17 heavy (non-hydrogen) atoms. The zero-order valence-corrected chi connectivity index (χ0v) is 11.6. The molecule has 0 unspecified atom stereocenters. The minimum atomic E-state index is 0.575. The van der Waals surface area contributed by atoms with E-state index in [0.29, 0.717) is 17.1 Å². The van der Waals surface area contributed by atoms with E-state index in [-0.39, 0.29) is 0 Å². The molecule has 1 aromatic heterocycles. The molecule has 0 fully saturated rings. The van der Waals surface area contributed by atoms with Crippen molar-refractivity contribution < 1.29 is 0 Å². The first-order valence-corrected chi connectivity index (χ1v) is 6.61. The lowest BCUT2D eigenvalue weighted by Gasteiger charge is -2.03. The van der Waals surface area contributed by atoms with E-state index in [9.17, 15) is 0 Å². The number of nitrogen functional groups attached to an aromatic ring is 1. The van der Waals surface area contributed by atoms with Crippen molar-refractivity contribution in [3.05, 3.63) is 44.4 Å². The summed E-state index contributed by atoms with van der Waals surface area (Å²) in [5.41, 5.74) is 8.30. The zero-order valence-electron chi connectivity index (χ0n) is 9.20. The fourth-order valence-electron chi connectivity index (χ4n) is 1.61. The van der Waals surface area contributed by atoms with Crippen LogP contribution in [0.1, 0.15) is 21.7 Å². The third-order valence-corrected chi connectivity index (χ3v) is 3.93. The van der Waals surface area contributed by atoms with Gasteiger partial charge in [-0.2, -0.15) is 5.26 Å². The number of nitrogens with two attached hydrogens (primary N) is 1. The molecule has 3 nitrogen and oxygen atoms in total. The smallest absolute Gasteiger partial charge is 0.180 e. The van der Waals surface area contributed by atoms with E-state index in [2.05, 4.69) is 27.0 Å². The van der Waals surface area contributed by atoms with Crippen molar-refractivity contribution in [3.63, 3.8) is 0 Å². The summed E-state index contributed by atoms with van der Waals surface area (Å²) >= 11 is 4.89. The van der Waals surface area contributed by atoms with Gasteiger partial charge in [0.05, 0.1) is 17.3 Å². The van der Waals surface area contributed by atoms with Crippen LogP contribution >= 0.6 is 27.3 Å². The van der Waals surface area contributed by atoms with Gasteiger partial charge in [-0.3, -0.25) is 0 Å². The number of thiazole rings is 1. The second kappa shape index (κ2) is 4.86. The number of nitrogens with zero attached hydrogens (tertiary/aromatic N) is 2. The fraction of sp³-hybridized carbons (Fsp3) is 0.167. The Kier molecular flexibility index (Phi) is 3.46. The summed E-state index contributed by atoms with van der Waals surface area (Å²) in [6.07, 6.45) is 0.697. The highest BCUT2D eigenvalue weighted by Crippen LogP contribution is 2.25. The first-order chi connectivity index (χ1) is 8.10. The standard InChI is InChI=1S/C12H10BrN3S/c1-7-11(17-12(15)16-7)5-9-4-10(13)3-2-8(9)6-14/h2-4H,5H2,1H3,(H2,15,16). The van der Waals surface area contributed by atoms with Crippen LogP contribution in [0.25, 0.3) is 0 Å². The van der Waals surface area contributed by atoms with Crippen LogP contribution in [-0.2, 0) is 6.42 Å². The molecule has 86 valence electrons. The molecule has 0 aliphatic rings. The minimum Gasteiger partial charge on any atom is -0.375 e. The normalized spacial score (nSPS) is 10.2. The van der Waals surface area contributed by atoms with Crippen molar-refractivity contribution >= 4 is 32.4 Å². The Labute approximate surface area is 112 Å². The van der Waals surface area contributed by atoms with E-state index >= 15 is 0 Å². The number of halogens is 1. The molecule has 0 saturated carbocycles. The molecular formula is C12H10BrN3S. The Morgan fingerprint density at radius 3 is 2.88 bits per heavy atom. The second-order valence-corrected chi connectivity index (χ2v) is 5.68. The van der Waals surface area contributed by atoms with E-state index < -0.39 is 0 Å². The van der Waals surface area contributed by atoms with Crippen molar-refractivity contribution in [2.75, 3.05) is 5.73 Å². The highest BCUT2D eigenvalue weighted by atomic mass is 79.9. The lowest BCUT2D eigenvalue weighted by atomic mass is 10.0. The van der Waals surface area contributed by atoms with E-state index in [1.807, 2.05) is 25.1 Å². The van der Waals surface area contributed by atoms with E-state index in [0.717, 1.165) is 20.6 Å². The first kappa shape index (κ1) is 12.1. The lowest BCUT2D eigenvalue weighted by Crippen LogP contribution is -1.92. The molecule has 0 radical (unpaired) electrons. The van der Waals surface area contributed by atoms with Crippen LogP contribution in [0.4, 0.5) is 5.13 Å². The van der Waals surface area contributed by atoms with E-state index in [1.165, 1.54) is 11.3 Å². The Bertz CT molecular complexity index is 598. The van der Waals surface area contributed by atoms with Crippen molar-refractivity contribution in [1.82, 2.24) is 4.98 Å². The highest BCUT2D eigenvalue weighted by Gasteiger charge is 2.09. The monoisotopic (exact) mass is 307 g/mol. The lowest BCUT2D eigenvalue weighted by molar-refractivity contribution is 1.14. The number of anilines is 1. The Morgan fingerprint density at radius 1 is 1.53 bits per heavy atom. The number of aryl methyl sites for hydroxylation is 1. The topological polar surface area (TPSA) is 62.7 Å². The number of nitriles is 1. The molecule has 0 saturated heterocycles. The van der Waals surface area contributed by atoms with Gasteiger partial charge >= 0.3 is 0 Å². The predicted octanol–water partition coefficient (Wildman–Crippen LogP) is 3.26. The molecule has 2 rings (SSSR count). The van der Waals surface area contributed by atoms with Gasteiger partial charge in [0.2, 0.25) is 0 Å². The van der Waals surface area contributed by atoms with Crippen LogP contribution in [0.5, 0.6) is 0 Å². The number of hydrogen-bond donors (Lipinski definition) is 1. The molecule has 0 atom stereocenters. The third-order valence-electron chi connectivity index (χ3n) is 2.45. The average Bonchev–Trinajstić information content (AvgIpc) is 2.58. The maximum Gasteiger partial charge on any atom is 0.180 e. The third kappa shape index (κ3) is 2.65. The summed E-state index contributed by atoms with van der Waals surface area (Å²) in [5, 5.41) is 9.63. The molecule has 2 aromatic rings. The summed E-state index contributed by atoms with van der Waals surface area (Å²) in [5.74, 6) is 0. The molecular weight excluding hydrogens is 298 g/mol. The second-order valence-electron chi connectivity index (χ2n) is 3.65. The van der Waals surface area contributed by atoms with Gasteiger partial charge in [0.15, 0.2) is 5.13 Å². The van der Waals surface area contributed by atoms with E-state index in [1.54, 1.807) is 0 Å². The van der Waals surface area contributed by atoms with Gasteiger partial charge in [-0.25, -0.2) is 4.98 Å². The van der Waals surface area contributed by atoms with Gasteiger partial charge in [-0.1, -0.05) is 15.9 Å². The molecule has 0 aliphatic heterocycles. The summed E-state index contributed by atoms with van der Waals surface area (Å²) in [6, 6.07) is 7.86. The maximum absolute atomic E-state index is 9.06. The number of aromatic nitrogens is 1. The van der Waals surface area contributed by atoms with Crippen LogP contribution in [0, 0.1) is 18.3 Å². The van der Waals surface area contributed by atoms with Gasteiger partial charge in [0.25, 0.3) is 0 Å². The molecule has 1 heterocycles. The maximum atomic E-state index is 9.06. The van der Waals surface area contributed by atoms with Crippen LogP contribution in [0.3, 0.4) is 0 Å². The van der Waals surface area contributed by atoms with Crippen molar-refractivity contribution in [2.45, 2.75) is 13.3 Å². The van der Waals surface area contributed by atoms with Gasteiger partial charge in [0, 0.05) is 15.8 Å². The number of rotatable bonds is 2. The Hall–Kier alpha value is -1.38. The van der Waals surface area contributed by atoms with Gasteiger partial charge in [0.1, 0.15) is 0 Å². The number of benzene rings is 1. The van der Waals surface area contributed by atoms with Crippen LogP contribution < -0.4 is 5.73 Å². The van der Waals surface area contributed by atoms with Crippen molar-refractivity contribution in [2.24, 2.45) is 0 Å². The summed E-state index contributed by atoms with van der Waals surface area (Å²) in [4.78, 5) is 5.30. The van der Waals surface area contributed by atoms with Crippen LogP contribution in [-0.4, -0.2) is 4.98 Å². The van der Waals surface area contributed by atoms with Crippen molar-refractivity contribution in [3.8, 4) is 6.07 Å². The van der Waals surface area contributed by atoms with Gasteiger partial charge < -0.3 is 5.73 Å². The molecule has 0 bridgehead atoms. The largest absolute Gasteiger partial charge is 0.375 e. The molecule has 5 heteroatoms. The van der Waals surface area contributed by atoms with Gasteiger partial charge in [-0.15, -0.1) is 11.3 Å². The summed E-state index contributed by atoms with van der Waals surface area (Å²) in [6.45, 7) is 1.94. The minimum absolute atomic E-state index is 0.575. The van der Waals surface area contributed by atoms with Crippen LogP contribution in [0.2, 0.25) is 0 Å². The average molecular weight is 308 g/mol. The zero-order chi connectivity index (χ0) is 12.4. The van der Waals surface area contributed by atoms with E-state index in [4.69, 9.17) is 11.0 Å². The van der Waals surface area contributed by atoms with Crippen LogP contribution in [0.15, 0.2) is 22.7 Å². The summed E-state index contributed by atoms with van der Waals surface area (Å²) < 4.78 is 0.974. The van der Waals surface area contributed by atoms with Gasteiger partial charge in [-0.05, 0) is 30.7 Å². The molecule has 2 N–H and O–H groups in total. The Balaban J connectivity index is 2.39. The molecule has 1 aromatic carbocycles.